The summed E-state index contributed by atoms with van der Waals surface area (Å²) in [6.45, 7) is 2.12. The monoisotopic (exact) mass is 463 g/mol. The number of anilines is 1. The van der Waals surface area contributed by atoms with Crippen LogP contribution in [-0.4, -0.2) is 17.0 Å². The molecule has 0 spiro atoms. The number of aromatic nitrogens is 2. The van der Waals surface area contributed by atoms with Crippen LogP contribution >= 0.6 is 50.3 Å². The van der Waals surface area contributed by atoms with Gasteiger partial charge in [-0.25, -0.2) is 9.97 Å². The number of rotatable bonds is 5. The van der Waals surface area contributed by atoms with E-state index in [1.54, 1.807) is 11.8 Å². The lowest BCUT2D eigenvalue weighted by Gasteiger charge is -2.10. The van der Waals surface area contributed by atoms with Crippen molar-refractivity contribution in [2.24, 2.45) is 0 Å². The molecule has 6 heteroatoms. The van der Waals surface area contributed by atoms with E-state index in [9.17, 15) is 0 Å². The quantitative estimate of drug-likeness (QED) is 0.513. The summed E-state index contributed by atoms with van der Waals surface area (Å²) in [6.07, 6.45) is 0.921. The van der Waals surface area contributed by atoms with Crippen molar-refractivity contribution in [1.82, 2.24) is 9.97 Å². The zero-order valence-corrected chi connectivity index (χ0v) is 15.8. The molecule has 1 aromatic heterocycles. The van der Waals surface area contributed by atoms with Crippen molar-refractivity contribution in [3.8, 4) is 0 Å². The molecule has 0 aliphatic rings. The number of nitrogens with one attached hydrogen (secondary N) is 1. The molecule has 0 radical (unpaired) electrons. The van der Waals surface area contributed by atoms with Crippen LogP contribution in [0.1, 0.15) is 18.4 Å². The van der Waals surface area contributed by atoms with Crippen LogP contribution < -0.4 is 5.32 Å². The van der Waals surface area contributed by atoms with E-state index in [2.05, 4.69) is 72.9 Å². The van der Waals surface area contributed by atoms with Gasteiger partial charge in [-0.15, -0.1) is 11.8 Å². The highest BCUT2D eigenvalue weighted by atomic mass is 127. The van der Waals surface area contributed by atoms with Gasteiger partial charge in [-0.3, -0.25) is 0 Å². The lowest BCUT2D eigenvalue weighted by Crippen LogP contribution is -2.06. The molecule has 1 aromatic carbocycles. The average Bonchev–Trinajstić information content (AvgIpc) is 2.46. The van der Waals surface area contributed by atoms with Gasteiger partial charge in [0.1, 0.15) is 11.6 Å². The number of hydrogen-bond donors (Lipinski definition) is 1. The number of thioether (sulfide) groups is 1. The highest BCUT2D eigenvalue weighted by Crippen LogP contribution is 2.26. The highest BCUT2D eigenvalue weighted by Gasteiger charge is 2.10. The maximum absolute atomic E-state index is 4.65. The second-order valence-electron chi connectivity index (χ2n) is 4.10. The van der Waals surface area contributed by atoms with E-state index in [4.69, 9.17) is 0 Å². The number of hydrogen-bond acceptors (Lipinski definition) is 4. The van der Waals surface area contributed by atoms with Crippen molar-refractivity contribution in [2.75, 3.05) is 12.4 Å². The fraction of sp³-hybridized carbons (Fsp3) is 0.286. The summed E-state index contributed by atoms with van der Waals surface area (Å²) in [5.41, 5.74) is 1.11. The summed E-state index contributed by atoms with van der Waals surface area (Å²) in [7, 11) is 1.90. The van der Waals surface area contributed by atoms with Gasteiger partial charge in [0, 0.05) is 16.4 Å². The molecule has 0 amide bonds. The average molecular weight is 464 g/mol. The van der Waals surface area contributed by atoms with Crippen molar-refractivity contribution in [2.45, 2.75) is 24.0 Å². The third kappa shape index (κ3) is 4.08. The largest absolute Gasteiger partial charge is 0.372 e. The molecule has 2 aromatic rings. The fourth-order valence-corrected chi connectivity index (χ4v) is 3.97. The molecule has 0 aliphatic heterocycles. The van der Waals surface area contributed by atoms with Gasteiger partial charge < -0.3 is 5.32 Å². The number of nitrogens with zero attached hydrogens (tertiary/aromatic N) is 2. The minimum atomic E-state index is 0.773. The van der Waals surface area contributed by atoms with Gasteiger partial charge in [-0.05, 0) is 47.2 Å². The fourth-order valence-electron chi connectivity index (χ4n) is 1.71. The third-order valence-electron chi connectivity index (χ3n) is 2.70. The summed E-state index contributed by atoms with van der Waals surface area (Å²) in [5.74, 6) is 2.56. The normalized spacial score (nSPS) is 10.6. The van der Waals surface area contributed by atoms with Gasteiger partial charge in [0.15, 0.2) is 0 Å². The second kappa shape index (κ2) is 7.61. The van der Waals surface area contributed by atoms with E-state index in [-0.39, 0.29) is 0 Å². The van der Waals surface area contributed by atoms with Crippen molar-refractivity contribution in [3.63, 3.8) is 0 Å². The lowest BCUT2D eigenvalue weighted by atomic mass is 10.3. The third-order valence-corrected chi connectivity index (χ3v) is 5.32. The zero-order valence-electron chi connectivity index (χ0n) is 11.3. The van der Waals surface area contributed by atoms with E-state index in [0.29, 0.717) is 0 Å². The highest BCUT2D eigenvalue weighted by molar-refractivity contribution is 14.1. The van der Waals surface area contributed by atoms with E-state index in [1.807, 2.05) is 19.2 Å². The molecule has 0 fully saturated rings. The van der Waals surface area contributed by atoms with Crippen LogP contribution in [0.15, 0.2) is 33.6 Å². The molecule has 3 nitrogen and oxygen atoms in total. The van der Waals surface area contributed by atoms with Crippen molar-refractivity contribution in [3.05, 3.63) is 43.8 Å². The first kappa shape index (κ1) is 16.0. The van der Waals surface area contributed by atoms with Crippen LogP contribution in [0.5, 0.6) is 0 Å². The molecule has 1 heterocycles. The van der Waals surface area contributed by atoms with Crippen LogP contribution in [0, 0.1) is 3.57 Å². The minimum absolute atomic E-state index is 0.773. The van der Waals surface area contributed by atoms with Gasteiger partial charge in [0.2, 0.25) is 0 Å². The van der Waals surface area contributed by atoms with Crippen LogP contribution in [0.2, 0.25) is 0 Å². The molecule has 106 valence electrons. The topological polar surface area (TPSA) is 37.8 Å². The van der Waals surface area contributed by atoms with Crippen LogP contribution in [0.4, 0.5) is 5.82 Å². The Morgan fingerprint density at radius 1 is 1.35 bits per heavy atom. The van der Waals surface area contributed by atoms with Crippen LogP contribution in [-0.2, 0) is 12.2 Å². The number of halogens is 2. The molecule has 0 atom stereocenters. The van der Waals surface area contributed by atoms with E-state index in [1.165, 1.54) is 4.90 Å². The van der Waals surface area contributed by atoms with Crippen LogP contribution in [0.25, 0.3) is 0 Å². The molecule has 0 bridgehead atoms. The van der Waals surface area contributed by atoms with E-state index >= 15 is 0 Å². The molecule has 20 heavy (non-hydrogen) atoms. The first-order chi connectivity index (χ1) is 9.63. The van der Waals surface area contributed by atoms with Gasteiger partial charge >= 0.3 is 0 Å². The molecule has 2 rings (SSSR count). The number of benzene rings is 1. The van der Waals surface area contributed by atoms with Crippen molar-refractivity contribution in [1.29, 1.82) is 0 Å². The Kier molecular flexibility index (Phi) is 6.10. The molecule has 0 saturated heterocycles. The first-order valence-corrected chi connectivity index (χ1v) is 9.11. The maximum Gasteiger partial charge on any atom is 0.143 e. The Morgan fingerprint density at radius 2 is 2.15 bits per heavy atom. The second-order valence-corrected chi connectivity index (χ2v) is 7.14. The Morgan fingerprint density at radius 3 is 2.80 bits per heavy atom. The number of aryl methyl sites for hydroxylation is 1. The smallest absolute Gasteiger partial charge is 0.143 e. The van der Waals surface area contributed by atoms with Gasteiger partial charge in [0.25, 0.3) is 0 Å². The predicted octanol–water partition coefficient (Wildman–Crippen LogP) is 4.74. The van der Waals surface area contributed by atoms with Crippen molar-refractivity contribution >= 4 is 56.1 Å². The summed E-state index contributed by atoms with van der Waals surface area (Å²) < 4.78 is 2.21. The lowest BCUT2D eigenvalue weighted by molar-refractivity contribution is 0.929. The minimum Gasteiger partial charge on any atom is -0.372 e. The molecular formula is C14H15BrIN3S. The Bertz CT molecular complexity index is 582. The summed E-state index contributed by atoms with van der Waals surface area (Å²) >= 11 is 7.54. The zero-order chi connectivity index (χ0) is 14.5. The van der Waals surface area contributed by atoms with E-state index in [0.717, 1.165) is 37.6 Å². The summed E-state index contributed by atoms with van der Waals surface area (Å²) in [6, 6.07) is 8.27. The Balaban J connectivity index is 2.17. The van der Waals surface area contributed by atoms with Gasteiger partial charge in [-0.2, -0.15) is 0 Å². The van der Waals surface area contributed by atoms with Gasteiger partial charge in [-0.1, -0.05) is 28.9 Å². The maximum atomic E-state index is 4.65. The van der Waals surface area contributed by atoms with E-state index < -0.39 is 0 Å². The SMILES string of the molecule is CCc1nc(CSc2cccc(Br)c2)nc(NC)c1I. The molecule has 0 saturated carbocycles. The predicted molar refractivity (Wildman–Crippen MR) is 97.4 cm³/mol. The van der Waals surface area contributed by atoms with Crippen molar-refractivity contribution < 1.29 is 0 Å². The Labute approximate surface area is 145 Å². The summed E-state index contributed by atoms with van der Waals surface area (Å²) in [4.78, 5) is 10.4. The van der Waals surface area contributed by atoms with Crippen LogP contribution in [0.3, 0.4) is 0 Å². The molecule has 0 aliphatic carbocycles. The summed E-state index contributed by atoms with van der Waals surface area (Å²) in [5, 5.41) is 3.14. The van der Waals surface area contributed by atoms with Gasteiger partial charge in [0.05, 0.1) is 15.0 Å². The molecular weight excluding hydrogens is 449 g/mol. The first-order valence-electron chi connectivity index (χ1n) is 6.25. The molecule has 0 unspecified atom stereocenters. The molecule has 1 N–H and O–H groups in total. The standard InChI is InChI=1S/C14H15BrIN3S/c1-3-11-13(16)14(17-2)19-12(18-11)8-20-10-6-4-5-9(15)7-10/h4-7H,3,8H2,1-2H3,(H,17,18,19). The Hall–Kier alpha value is -0.340.